The molecule has 24 heavy (non-hydrogen) atoms. The highest BCUT2D eigenvalue weighted by Gasteiger charge is 2.32. The average molecular weight is 340 g/mol. The number of alkyl halides is 3. The molecule has 1 amide bonds. The van der Waals surface area contributed by atoms with E-state index < -0.39 is 12.3 Å². The SMILES string of the molecule is O=C(NCc1ccccc1OC(F)(F)F)c1noc2c1CCCC2. The molecule has 1 aromatic carbocycles. The molecule has 2 aromatic rings. The van der Waals surface area contributed by atoms with Gasteiger partial charge < -0.3 is 14.6 Å². The molecule has 0 aliphatic heterocycles. The smallest absolute Gasteiger partial charge is 0.405 e. The molecule has 0 fully saturated rings. The molecule has 0 bridgehead atoms. The number of ether oxygens (including phenoxy) is 1. The lowest BCUT2D eigenvalue weighted by molar-refractivity contribution is -0.274. The van der Waals surface area contributed by atoms with Crippen molar-refractivity contribution in [1.82, 2.24) is 10.5 Å². The number of amides is 1. The number of hydrogen-bond acceptors (Lipinski definition) is 4. The zero-order valence-electron chi connectivity index (χ0n) is 12.7. The number of hydrogen-bond donors (Lipinski definition) is 1. The van der Waals surface area contributed by atoms with E-state index in [-0.39, 0.29) is 23.6 Å². The molecule has 1 N–H and O–H groups in total. The number of aryl methyl sites for hydroxylation is 1. The highest BCUT2D eigenvalue weighted by atomic mass is 19.4. The third-order valence-corrected chi connectivity index (χ3v) is 3.80. The van der Waals surface area contributed by atoms with Crippen molar-refractivity contribution in [3.63, 3.8) is 0 Å². The van der Waals surface area contributed by atoms with E-state index in [2.05, 4.69) is 15.2 Å². The van der Waals surface area contributed by atoms with Crippen molar-refractivity contribution in [2.45, 2.75) is 38.6 Å². The first-order valence-electron chi connectivity index (χ1n) is 7.53. The van der Waals surface area contributed by atoms with Crippen molar-refractivity contribution < 1.29 is 27.2 Å². The molecule has 128 valence electrons. The topological polar surface area (TPSA) is 64.4 Å². The maximum atomic E-state index is 12.4. The van der Waals surface area contributed by atoms with Crippen LogP contribution >= 0.6 is 0 Å². The zero-order chi connectivity index (χ0) is 17.2. The zero-order valence-corrected chi connectivity index (χ0v) is 12.7. The van der Waals surface area contributed by atoms with E-state index in [4.69, 9.17) is 4.52 Å². The van der Waals surface area contributed by atoms with Crippen LogP contribution in [0.25, 0.3) is 0 Å². The minimum atomic E-state index is -4.79. The predicted molar refractivity (Wildman–Crippen MR) is 77.4 cm³/mol. The van der Waals surface area contributed by atoms with Crippen LogP contribution in [-0.2, 0) is 19.4 Å². The van der Waals surface area contributed by atoms with Gasteiger partial charge in [-0.15, -0.1) is 13.2 Å². The molecule has 0 atom stereocenters. The molecule has 1 aliphatic carbocycles. The molecule has 1 aromatic heterocycles. The van der Waals surface area contributed by atoms with E-state index in [0.29, 0.717) is 5.76 Å². The van der Waals surface area contributed by atoms with Gasteiger partial charge in [-0.3, -0.25) is 4.79 Å². The Hall–Kier alpha value is -2.51. The van der Waals surface area contributed by atoms with Crippen LogP contribution in [-0.4, -0.2) is 17.4 Å². The van der Waals surface area contributed by atoms with Gasteiger partial charge in [-0.05, 0) is 25.3 Å². The van der Waals surface area contributed by atoms with Gasteiger partial charge in [0, 0.05) is 24.1 Å². The molecule has 0 saturated carbocycles. The number of aromatic nitrogens is 1. The second-order valence-electron chi connectivity index (χ2n) is 5.48. The van der Waals surface area contributed by atoms with Gasteiger partial charge in [-0.2, -0.15) is 0 Å². The number of rotatable bonds is 4. The number of fused-ring (bicyclic) bond motifs is 1. The molecule has 0 unspecified atom stereocenters. The molecule has 3 rings (SSSR count). The predicted octanol–water partition coefficient (Wildman–Crippen LogP) is 3.38. The summed E-state index contributed by atoms with van der Waals surface area (Å²) in [5.41, 5.74) is 1.22. The van der Waals surface area contributed by atoms with Gasteiger partial charge in [-0.25, -0.2) is 0 Å². The van der Waals surface area contributed by atoms with Gasteiger partial charge in [0.05, 0.1) is 0 Å². The van der Waals surface area contributed by atoms with E-state index >= 15 is 0 Å². The third-order valence-electron chi connectivity index (χ3n) is 3.80. The molecular formula is C16H15F3N2O3. The standard InChI is InChI=1S/C16H15F3N2O3/c17-16(18,19)23-12-7-3-1-5-10(12)9-20-15(22)14-11-6-2-4-8-13(11)24-21-14/h1,3,5,7H,2,4,6,8-9H2,(H,20,22). The fourth-order valence-electron chi connectivity index (χ4n) is 2.70. The Bertz CT molecular complexity index is 740. The Balaban J connectivity index is 1.70. The van der Waals surface area contributed by atoms with Crippen LogP contribution in [0.1, 0.15) is 40.2 Å². The fourth-order valence-corrected chi connectivity index (χ4v) is 2.70. The molecule has 1 aliphatic rings. The fraction of sp³-hybridized carbons (Fsp3) is 0.375. The molecule has 8 heteroatoms. The lowest BCUT2D eigenvalue weighted by Gasteiger charge is -2.13. The minimum absolute atomic E-state index is 0.104. The highest BCUT2D eigenvalue weighted by Crippen LogP contribution is 2.27. The maximum Gasteiger partial charge on any atom is 0.573 e. The molecular weight excluding hydrogens is 325 g/mol. The molecule has 5 nitrogen and oxygen atoms in total. The molecule has 0 spiro atoms. The Morgan fingerprint density at radius 3 is 2.79 bits per heavy atom. The van der Waals surface area contributed by atoms with E-state index in [1.165, 1.54) is 18.2 Å². The monoisotopic (exact) mass is 340 g/mol. The van der Waals surface area contributed by atoms with Crippen molar-refractivity contribution in [2.24, 2.45) is 0 Å². The van der Waals surface area contributed by atoms with Gasteiger partial charge in [0.2, 0.25) is 0 Å². The number of benzene rings is 1. The van der Waals surface area contributed by atoms with Crippen molar-refractivity contribution >= 4 is 5.91 Å². The van der Waals surface area contributed by atoms with Crippen LogP contribution in [0.4, 0.5) is 13.2 Å². The summed E-state index contributed by atoms with van der Waals surface area (Å²) in [6.45, 7) is -0.104. The van der Waals surface area contributed by atoms with Crippen LogP contribution in [0.5, 0.6) is 5.75 Å². The van der Waals surface area contributed by atoms with Crippen LogP contribution in [0.3, 0.4) is 0 Å². The van der Waals surface area contributed by atoms with Crippen molar-refractivity contribution in [3.05, 3.63) is 46.8 Å². The average Bonchev–Trinajstić information content (AvgIpc) is 2.96. The number of nitrogens with zero attached hydrogens (tertiary/aromatic N) is 1. The second-order valence-corrected chi connectivity index (χ2v) is 5.48. The van der Waals surface area contributed by atoms with Crippen LogP contribution in [0.2, 0.25) is 0 Å². The summed E-state index contributed by atoms with van der Waals surface area (Å²) in [4.78, 5) is 12.3. The van der Waals surface area contributed by atoms with E-state index in [1.54, 1.807) is 6.07 Å². The van der Waals surface area contributed by atoms with Gasteiger partial charge >= 0.3 is 6.36 Å². The maximum absolute atomic E-state index is 12.4. The summed E-state index contributed by atoms with van der Waals surface area (Å²) in [5.74, 6) is -0.0941. The molecule has 0 radical (unpaired) electrons. The van der Waals surface area contributed by atoms with Crippen LogP contribution < -0.4 is 10.1 Å². The van der Waals surface area contributed by atoms with Crippen LogP contribution in [0.15, 0.2) is 28.8 Å². The van der Waals surface area contributed by atoms with E-state index in [0.717, 1.165) is 31.2 Å². The van der Waals surface area contributed by atoms with Gasteiger partial charge in [0.1, 0.15) is 11.5 Å². The summed E-state index contributed by atoms with van der Waals surface area (Å²) in [6, 6.07) is 5.66. The van der Waals surface area contributed by atoms with Gasteiger partial charge in [0.25, 0.3) is 5.91 Å². The second kappa shape index (κ2) is 6.54. The largest absolute Gasteiger partial charge is 0.573 e. The lowest BCUT2D eigenvalue weighted by atomic mass is 9.96. The number of carbonyl (C=O) groups is 1. The Labute approximate surface area is 135 Å². The number of carbonyl (C=O) groups excluding carboxylic acids is 1. The first-order valence-corrected chi connectivity index (χ1v) is 7.53. The van der Waals surface area contributed by atoms with Gasteiger partial charge in [-0.1, -0.05) is 23.4 Å². The van der Waals surface area contributed by atoms with Crippen molar-refractivity contribution in [1.29, 1.82) is 0 Å². The van der Waals surface area contributed by atoms with Crippen molar-refractivity contribution in [2.75, 3.05) is 0 Å². The van der Waals surface area contributed by atoms with Crippen molar-refractivity contribution in [3.8, 4) is 5.75 Å². The van der Waals surface area contributed by atoms with Crippen LogP contribution in [0, 0.1) is 0 Å². The normalized spacial score (nSPS) is 14.1. The summed E-state index contributed by atoms with van der Waals surface area (Å²) in [5, 5.41) is 6.36. The highest BCUT2D eigenvalue weighted by molar-refractivity contribution is 5.93. The molecule has 1 heterocycles. The summed E-state index contributed by atoms with van der Waals surface area (Å²) < 4.78 is 46.3. The Morgan fingerprint density at radius 1 is 1.25 bits per heavy atom. The quantitative estimate of drug-likeness (QED) is 0.927. The van der Waals surface area contributed by atoms with E-state index in [9.17, 15) is 18.0 Å². The number of halogens is 3. The molecule has 0 saturated heterocycles. The lowest BCUT2D eigenvalue weighted by Crippen LogP contribution is -2.25. The summed E-state index contributed by atoms with van der Waals surface area (Å²) >= 11 is 0. The number of para-hydroxylation sites is 1. The summed E-state index contributed by atoms with van der Waals surface area (Å²) in [6.07, 6.45) is -1.37. The first-order chi connectivity index (χ1) is 11.4. The summed E-state index contributed by atoms with van der Waals surface area (Å²) in [7, 11) is 0. The third kappa shape index (κ3) is 3.69. The number of nitrogens with one attached hydrogen (secondary N) is 1. The Kier molecular flexibility index (Phi) is 4.46. The van der Waals surface area contributed by atoms with E-state index in [1.807, 2.05) is 0 Å². The van der Waals surface area contributed by atoms with Gasteiger partial charge in [0.15, 0.2) is 5.69 Å². The Morgan fingerprint density at radius 2 is 2.00 bits per heavy atom. The minimum Gasteiger partial charge on any atom is -0.405 e. The first kappa shape index (κ1) is 16.4.